The fourth-order valence-corrected chi connectivity index (χ4v) is 0.166. The topological polar surface area (TPSA) is 26.3 Å². The summed E-state index contributed by atoms with van der Waals surface area (Å²) in [6.07, 6.45) is 0. The molecule has 0 aromatic rings. The third kappa shape index (κ3) is 3.47. The second kappa shape index (κ2) is 2.69. The van der Waals surface area contributed by atoms with Crippen LogP contribution in [0.3, 0.4) is 0 Å². The van der Waals surface area contributed by atoms with E-state index in [1.54, 1.807) is 6.92 Å². The Labute approximate surface area is 37.1 Å². The van der Waals surface area contributed by atoms with Gasteiger partial charge in [-0.25, -0.2) is 0 Å². The summed E-state index contributed by atoms with van der Waals surface area (Å²) in [6.45, 7) is 4.36. The van der Waals surface area contributed by atoms with Gasteiger partial charge in [0.2, 0.25) is 0 Å². The van der Waals surface area contributed by atoms with Crippen molar-refractivity contribution in [3.63, 3.8) is 0 Å². The number of carbonyl (C=O) groups excluding carboxylic acids is 1. The Hall–Kier alpha value is -0.530. The van der Waals surface area contributed by atoms with Gasteiger partial charge in [0.05, 0.1) is 0 Å². The first-order valence-electron chi connectivity index (χ1n) is 1.72. The van der Waals surface area contributed by atoms with Crippen LogP contribution in [0.1, 0.15) is 13.8 Å². The summed E-state index contributed by atoms with van der Waals surface area (Å²) in [5, 5.41) is 0. The number of hydrogen-bond donors (Lipinski definition) is 0. The Balaban J connectivity index is 2.83. The van der Waals surface area contributed by atoms with Gasteiger partial charge in [0.15, 0.2) is 0 Å². The van der Waals surface area contributed by atoms with Gasteiger partial charge in [0, 0.05) is 6.92 Å². The van der Waals surface area contributed by atoms with Gasteiger partial charge < -0.3 is 4.74 Å². The van der Waals surface area contributed by atoms with Crippen LogP contribution in [0.5, 0.6) is 0 Å². The highest BCUT2D eigenvalue weighted by molar-refractivity contribution is 5.66. The van der Waals surface area contributed by atoms with Crippen molar-refractivity contribution in [2.24, 2.45) is 0 Å². The Morgan fingerprint density at radius 3 is 2.33 bits per heavy atom. The maximum Gasteiger partial charge on any atom is 0.303 e. The molecule has 2 heteroatoms. The zero-order valence-electron chi connectivity index (χ0n) is 3.89. The average molecular weight is 87.1 g/mol. The average Bonchev–Trinajstić information content (AvgIpc) is 1.35. The van der Waals surface area contributed by atoms with Crippen molar-refractivity contribution in [3.05, 3.63) is 6.61 Å². The van der Waals surface area contributed by atoms with Gasteiger partial charge in [0.25, 0.3) is 0 Å². The van der Waals surface area contributed by atoms with E-state index in [2.05, 4.69) is 4.74 Å². The highest BCUT2D eigenvalue weighted by Crippen LogP contribution is 1.76. The number of rotatable bonds is 1. The van der Waals surface area contributed by atoms with Crippen LogP contribution in [-0.4, -0.2) is 5.97 Å². The molecule has 0 rings (SSSR count). The molecule has 0 amide bonds. The highest BCUT2D eigenvalue weighted by atomic mass is 16.5. The Bertz CT molecular complexity index is 49.5. The predicted octanol–water partition coefficient (Wildman–Crippen LogP) is 0.731. The molecule has 0 aromatic carbocycles. The zero-order chi connectivity index (χ0) is 4.99. The van der Waals surface area contributed by atoms with Crippen molar-refractivity contribution in [2.45, 2.75) is 13.8 Å². The molecular weight excluding hydrogens is 80.0 g/mol. The molecule has 0 aliphatic rings. The molecule has 0 N–H and O–H groups in total. The van der Waals surface area contributed by atoms with Crippen LogP contribution < -0.4 is 0 Å². The molecule has 2 nitrogen and oxygen atoms in total. The highest BCUT2D eigenvalue weighted by Gasteiger charge is 1.82. The van der Waals surface area contributed by atoms with Crippen molar-refractivity contribution >= 4 is 5.97 Å². The fraction of sp³-hybridized carbons (Fsp3) is 0.500. The van der Waals surface area contributed by atoms with Gasteiger partial charge in [-0.3, -0.25) is 4.79 Å². The maximum absolute atomic E-state index is 9.79. The summed E-state index contributed by atoms with van der Waals surface area (Å²) in [5.41, 5.74) is 0. The number of ether oxygens (including phenoxy) is 1. The molecule has 0 saturated carbocycles. The monoisotopic (exact) mass is 87.0 g/mol. The first-order chi connectivity index (χ1) is 2.77. The minimum absolute atomic E-state index is 0.266. The molecule has 0 aliphatic carbocycles. The zero-order valence-corrected chi connectivity index (χ0v) is 3.89. The van der Waals surface area contributed by atoms with Crippen LogP contribution in [0.2, 0.25) is 0 Å². The van der Waals surface area contributed by atoms with Crippen molar-refractivity contribution in [1.29, 1.82) is 0 Å². The third-order valence-electron chi connectivity index (χ3n) is 0.284. The molecule has 0 aliphatic heterocycles. The van der Waals surface area contributed by atoms with E-state index in [4.69, 9.17) is 0 Å². The summed E-state index contributed by atoms with van der Waals surface area (Å²) in [7, 11) is 0. The molecule has 1 radical (unpaired) electrons. The second-order valence-electron chi connectivity index (χ2n) is 0.845. The van der Waals surface area contributed by atoms with Crippen molar-refractivity contribution in [2.75, 3.05) is 0 Å². The Morgan fingerprint density at radius 1 is 1.83 bits per heavy atom. The van der Waals surface area contributed by atoms with Gasteiger partial charge >= 0.3 is 5.97 Å². The Morgan fingerprint density at radius 2 is 2.33 bits per heavy atom. The summed E-state index contributed by atoms with van der Waals surface area (Å²) in [4.78, 5) is 9.79. The molecule has 35 valence electrons. The van der Waals surface area contributed by atoms with Crippen molar-refractivity contribution < 1.29 is 9.53 Å². The molecule has 0 heterocycles. The van der Waals surface area contributed by atoms with E-state index in [0.717, 1.165) is 0 Å². The smallest absolute Gasteiger partial charge is 0.303 e. The molecule has 0 bridgehead atoms. The lowest BCUT2D eigenvalue weighted by atomic mass is 10.8. The van der Waals surface area contributed by atoms with E-state index in [-0.39, 0.29) is 5.97 Å². The summed E-state index contributed by atoms with van der Waals surface area (Å²) in [6, 6.07) is 0. The van der Waals surface area contributed by atoms with Gasteiger partial charge in [-0.15, -0.1) is 0 Å². The van der Waals surface area contributed by atoms with E-state index in [1.807, 2.05) is 0 Å². The van der Waals surface area contributed by atoms with Crippen LogP contribution in [-0.2, 0) is 9.53 Å². The lowest BCUT2D eigenvalue weighted by Gasteiger charge is -1.88. The molecular formula is C4H7O2. The minimum Gasteiger partial charge on any atom is -0.459 e. The van der Waals surface area contributed by atoms with Gasteiger partial charge in [-0.1, -0.05) is 0 Å². The summed E-state index contributed by atoms with van der Waals surface area (Å²) >= 11 is 0. The molecule has 0 aromatic heterocycles. The first-order valence-corrected chi connectivity index (χ1v) is 1.72. The summed E-state index contributed by atoms with van der Waals surface area (Å²) < 4.78 is 4.28. The van der Waals surface area contributed by atoms with Gasteiger partial charge in [0.1, 0.15) is 6.61 Å². The molecule has 0 unspecified atom stereocenters. The molecule has 6 heavy (non-hydrogen) atoms. The normalized spacial score (nSPS) is 7.67. The van der Waals surface area contributed by atoms with E-state index in [9.17, 15) is 4.79 Å². The Kier molecular flexibility index (Phi) is 2.46. The number of carbonyl (C=O) groups is 1. The van der Waals surface area contributed by atoms with Crippen LogP contribution in [0.4, 0.5) is 0 Å². The van der Waals surface area contributed by atoms with Crippen LogP contribution in [0.15, 0.2) is 0 Å². The van der Waals surface area contributed by atoms with E-state index in [0.29, 0.717) is 0 Å². The lowest BCUT2D eigenvalue weighted by molar-refractivity contribution is -0.137. The van der Waals surface area contributed by atoms with E-state index in [1.165, 1.54) is 13.5 Å². The molecule has 0 spiro atoms. The number of hydrogen-bond acceptors (Lipinski definition) is 2. The molecule has 0 fully saturated rings. The van der Waals surface area contributed by atoms with E-state index >= 15 is 0 Å². The quantitative estimate of drug-likeness (QED) is 0.441. The first kappa shape index (κ1) is 5.47. The lowest BCUT2D eigenvalue weighted by Crippen LogP contribution is -1.90. The van der Waals surface area contributed by atoms with Gasteiger partial charge in [-0.2, -0.15) is 0 Å². The molecule has 0 atom stereocenters. The van der Waals surface area contributed by atoms with E-state index < -0.39 is 0 Å². The van der Waals surface area contributed by atoms with Crippen LogP contribution in [0.25, 0.3) is 0 Å². The van der Waals surface area contributed by atoms with Gasteiger partial charge in [-0.05, 0) is 6.92 Å². The van der Waals surface area contributed by atoms with Crippen LogP contribution >= 0.6 is 0 Å². The summed E-state index contributed by atoms with van der Waals surface area (Å²) in [5.74, 6) is -0.266. The predicted molar refractivity (Wildman–Crippen MR) is 21.7 cm³/mol. The van der Waals surface area contributed by atoms with Crippen LogP contribution in [0, 0.1) is 6.61 Å². The third-order valence-corrected chi connectivity index (χ3v) is 0.284. The minimum atomic E-state index is -0.266. The molecule has 0 saturated heterocycles. The maximum atomic E-state index is 9.79. The number of esters is 1. The fourth-order valence-electron chi connectivity index (χ4n) is 0.166. The largest absolute Gasteiger partial charge is 0.459 e. The van der Waals surface area contributed by atoms with Crippen molar-refractivity contribution in [3.8, 4) is 0 Å². The van der Waals surface area contributed by atoms with Crippen molar-refractivity contribution in [1.82, 2.24) is 0 Å². The standard InChI is InChI=1S/C4H7O2/c1-3-6-4(2)5/h3H,1-2H3. The SMILES string of the molecule is C[CH]OC(C)=O. The second-order valence-corrected chi connectivity index (χ2v) is 0.845.